The standard InChI is InChI=1S/C15H29ClP2/c1-11-5-6-12(2)17(11)9-10-18(15(17)16)13(3)7-8-14(18)4/h11-15H,5-10H2,1-4H3/q+2/t11-,12-,13-,14-/m1/s1. The third-order valence-corrected chi connectivity index (χ3v) is 23.2. The molecule has 2 spiro atoms. The highest BCUT2D eigenvalue weighted by atomic mass is 35.5. The zero-order valence-electron chi connectivity index (χ0n) is 12.4. The first kappa shape index (κ1) is 14.1. The summed E-state index contributed by atoms with van der Waals surface area (Å²) in [5.41, 5.74) is 3.92. The van der Waals surface area contributed by atoms with Gasteiger partial charge < -0.3 is 0 Å². The Bertz CT molecular complexity index is 291. The van der Waals surface area contributed by atoms with Crippen molar-refractivity contribution in [3.63, 3.8) is 0 Å². The second-order valence-electron chi connectivity index (χ2n) is 7.30. The van der Waals surface area contributed by atoms with E-state index in [0.29, 0.717) is 4.86 Å². The summed E-state index contributed by atoms with van der Waals surface area (Å²) in [5, 5.41) is 0. The van der Waals surface area contributed by atoms with Crippen molar-refractivity contribution in [2.75, 3.05) is 12.3 Å². The summed E-state index contributed by atoms with van der Waals surface area (Å²) in [6, 6.07) is 0. The van der Waals surface area contributed by atoms with E-state index in [9.17, 15) is 0 Å². The maximum absolute atomic E-state index is 7.32. The summed E-state index contributed by atoms with van der Waals surface area (Å²) < 4.78 is 0. The van der Waals surface area contributed by atoms with Crippen LogP contribution in [-0.2, 0) is 0 Å². The normalized spacial score (nSPS) is 46.5. The highest BCUT2D eigenvalue weighted by Crippen LogP contribution is 2.96. The van der Waals surface area contributed by atoms with E-state index >= 15 is 0 Å². The molecule has 3 heterocycles. The molecule has 0 aromatic rings. The van der Waals surface area contributed by atoms with Crippen LogP contribution in [0.1, 0.15) is 53.4 Å². The number of alkyl halides is 1. The molecule has 0 unspecified atom stereocenters. The number of halogens is 1. The van der Waals surface area contributed by atoms with Crippen molar-refractivity contribution in [2.24, 2.45) is 0 Å². The molecular weight excluding hydrogens is 278 g/mol. The van der Waals surface area contributed by atoms with Gasteiger partial charge in [-0.15, -0.1) is 0 Å². The lowest BCUT2D eigenvalue weighted by Gasteiger charge is -2.34. The van der Waals surface area contributed by atoms with Crippen molar-refractivity contribution < 1.29 is 0 Å². The van der Waals surface area contributed by atoms with E-state index in [2.05, 4.69) is 27.7 Å². The van der Waals surface area contributed by atoms with Crippen LogP contribution in [0.25, 0.3) is 0 Å². The van der Waals surface area contributed by atoms with E-state index in [1.165, 1.54) is 25.7 Å². The molecule has 4 atom stereocenters. The van der Waals surface area contributed by atoms with E-state index in [0.717, 1.165) is 22.6 Å². The Kier molecular flexibility index (Phi) is 3.59. The molecule has 0 aromatic heterocycles. The maximum atomic E-state index is 7.32. The van der Waals surface area contributed by atoms with Gasteiger partial charge in [0.15, 0.2) is 0 Å². The smallest absolute Gasteiger partial charge is 0.0355 e. The van der Waals surface area contributed by atoms with Crippen LogP contribution in [0.5, 0.6) is 0 Å². The molecule has 3 fully saturated rings. The zero-order valence-corrected chi connectivity index (χ0v) is 14.9. The molecule has 18 heavy (non-hydrogen) atoms. The molecule has 104 valence electrons. The second-order valence-corrected chi connectivity index (χ2v) is 18.2. The van der Waals surface area contributed by atoms with Gasteiger partial charge in [-0.3, -0.25) is 0 Å². The van der Waals surface area contributed by atoms with Crippen LogP contribution in [0.4, 0.5) is 0 Å². The van der Waals surface area contributed by atoms with E-state index in [1.807, 2.05) is 0 Å². The Morgan fingerprint density at radius 3 is 1.22 bits per heavy atom. The fourth-order valence-electron chi connectivity index (χ4n) is 5.48. The molecule has 0 aromatic carbocycles. The molecule has 0 amide bonds. The molecule has 0 bridgehead atoms. The third kappa shape index (κ3) is 1.53. The minimum atomic E-state index is -0.845. The van der Waals surface area contributed by atoms with Crippen molar-refractivity contribution in [1.82, 2.24) is 0 Å². The summed E-state index contributed by atoms with van der Waals surface area (Å²) in [7, 11) is -1.69. The largest absolute Gasteiger partial charge is 0.241 e. The molecule has 3 saturated heterocycles. The van der Waals surface area contributed by atoms with Crippen LogP contribution in [-0.4, -0.2) is 39.8 Å². The predicted molar refractivity (Wildman–Crippen MR) is 89.5 cm³/mol. The fraction of sp³-hybridized carbons (Fsp3) is 1.00. The monoisotopic (exact) mass is 306 g/mol. The van der Waals surface area contributed by atoms with Crippen molar-refractivity contribution in [3.05, 3.63) is 0 Å². The Hall–Kier alpha value is 1.15. The van der Waals surface area contributed by atoms with Crippen LogP contribution >= 0.6 is 26.1 Å². The molecule has 3 heteroatoms. The van der Waals surface area contributed by atoms with Gasteiger partial charge in [-0.05, 0) is 65.0 Å². The molecule has 0 radical (unpaired) electrons. The molecule has 3 rings (SSSR count). The quantitative estimate of drug-likeness (QED) is 0.398. The summed E-state index contributed by atoms with van der Waals surface area (Å²) in [6.07, 6.45) is 9.02. The second kappa shape index (κ2) is 4.58. The van der Waals surface area contributed by atoms with Crippen LogP contribution < -0.4 is 0 Å². The van der Waals surface area contributed by atoms with Gasteiger partial charge in [0.25, 0.3) is 0 Å². The fourth-order valence-corrected chi connectivity index (χ4v) is 25.9. The van der Waals surface area contributed by atoms with Crippen LogP contribution in [0, 0.1) is 0 Å². The lowest BCUT2D eigenvalue weighted by molar-refractivity contribution is 0.777. The molecule has 0 N–H and O–H groups in total. The first-order chi connectivity index (χ1) is 8.46. The molecule has 0 nitrogen and oxygen atoms in total. The van der Waals surface area contributed by atoms with Crippen LogP contribution in [0.15, 0.2) is 0 Å². The highest BCUT2D eigenvalue weighted by molar-refractivity contribution is 7.99. The van der Waals surface area contributed by atoms with Gasteiger partial charge in [0.05, 0.1) is 49.5 Å². The Morgan fingerprint density at radius 2 is 0.944 bits per heavy atom. The van der Waals surface area contributed by atoms with Gasteiger partial charge in [-0.1, -0.05) is 0 Å². The van der Waals surface area contributed by atoms with Crippen LogP contribution in [0.2, 0.25) is 0 Å². The summed E-state index contributed by atoms with van der Waals surface area (Å²) >= 11 is 7.32. The minimum absolute atomic E-state index is 0.657. The predicted octanol–water partition coefficient (Wildman–Crippen LogP) is 5.70. The highest BCUT2D eigenvalue weighted by Gasteiger charge is 2.76. The molecule has 0 saturated carbocycles. The van der Waals surface area contributed by atoms with Crippen LogP contribution in [0.3, 0.4) is 0 Å². The minimum Gasteiger partial charge on any atom is -0.0355 e. The maximum Gasteiger partial charge on any atom is 0.241 e. The van der Waals surface area contributed by atoms with E-state index in [1.54, 1.807) is 12.3 Å². The molecular formula is C15H29ClP2+2. The molecule has 3 aliphatic heterocycles. The topological polar surface area (TPSA) is 0 Å². The van der Waals surface area contributed by atoms with Crippen molar-refractivity contribution >= 4 is 26.1 Å². The Morgan fingerprint density at radius 1 is 0.667 bits per heavy atom. The van der Waals surface area contributed by atoms with E-state index in [4.69, 9.17) is 11.6 Å². The van der Waals surface area contributed by atoms with Crippen molar-refractivity contribution in [3.8, 4) is 0 Å². The summed E-state index contributed by atoms with van der Waals surface area (Å²) in [4.78, 5) is 0.657. The molecule has 3 aliphatic rings. The Balaban J connectivity index is 1.99. The van der Waals surface area contributed by atoms with Crippen molar-refractivity contribution in [1.29, 1.82) is 0 Å². The lowest BCUT2D eigenvalue weighted by Crippen LogP contribution is -2.22. The van der Waals surface area contributed by atoms with Gasteiger partial charge in [0.2, 0.25) is 4.86 Å². The van der Waals surface area contributed by atoms with Gasteiger partial charge in [-0.25, -0.2) is 0 Å². The molecule has 0 aliphatic carbocycles. The first-order valence-electron chi connectivity index (χ1n) is 7.84. The number of hydrogen-bond acceptors (Lipinski definition) is 0. The van der Waals surface area contributed by atoms with Gasteiger partial charge in [0, 0.05) is 0 Å². The van der Waals surface area contributed by atoms with Gasteiger partial charge >= 0.3 is 0 Å². The van der Waals surface area contributed by atoms with Crippen molar-refractivity contribution in [2.45, 2.75) is 80.9 Å². The number of hydrogen-bond donors (Lipinski definition) is 0. The first-order valence-corrected chi connectivity index (χ1v) is 12.6. The summed E-state index contributed by atoms with van der Waals surface area (Å²) in [5.74, 6) is 0. The average molecular weight is 307 g/mol. The Labute approximate surface area is 119 Å². The SMILES string of the molecule is C[C@@H]1CC[C@@H](C)[P+]12CC[P+]1(C2Cl)[C@H](C)CC[C@H]1C. The summed E-state index contributed by atoms with van der Waals surface area (Å²) in [6.45, 7) is 10.2. The van der Waals surface area contributed by atoms with E-state index in [-0.39, 0.29) is 0 Å². The van der Waals surface area contributed by atoms with Gasteiger partial charge in [-0.2, -0.15) is 0 Å². The van der Waals surface area contributed by atoms with Gasteiger partial charge in [0.1, 0.15) is 0 Å². The lowest BCUT2D eigenvalue weighted by atomic mass is 10.2. The average Bonchev–Trinajstić information content (AvgIpc) is 2.91. The van der Waals surface area contributed by atoms with E-state index < -0.39 is 14.5 Å². The third-order valence-electron chi connectivity index (χ3n) is 6.95. The zero-order chi connectivity index (χ0) is 13.1. The number of rotatable bonds is 0.